The number of thiazole rings is 1. The number of hydrogen-bond donors (Lipinski definition) is 1. The Balaban J connectivity index is 2.26. The fourth-order valence-corrected chi connectivity index (χ4v) is 3.99. The Kier molecular flexibility index (Phi) is 5.18. The van der Waals surface area contributed by atoms with Crippen LogP contribution in [0.3, 0.4) is 0 Å². The molecule has 2 atom stereocenters. The van der Waals surface area contributed by atoms with Crippen molar-refractivity contribution in [2.24, 2.45) is 0 Å². The molecule has 0 aliphatic carbocycles. The van der Waals surface area contributed by atoms with Crippen LogP contribution in [0.5, 0.6) is 0 Å². The molecule has 2 rings (SSSR count). The van der Waals surface area contributed by atoms with Gasteiger partial charge in [0.2, 0.25) is 0 Å². The van der Waals surface area contributed by atoms with Crippen LogP contribution < -0.4 is 4.90 Å². The maximum absolute atomic E-state index is 9.53. The smallest absolute Gasteiger partial charge is 0.186 e. The number of aromatic nitrogens is 1. The van der Waals surface area contributed by atoms with E-state index in [1.807, 2.05) is 0 Å². The zero-order valence-corrected chi connectivity index (χ0v) is 14.1. The number of hydrogen-bond acceptors (Lipinski definition) is 5. The van der Waals surface area contributed by atoms with Crippen LogP contribution in [0, 0.1) is 0 Å². The standard InChI is InChI=1S/C15H22N2OS2/c1-5-10(2)14-13(9-18)20-15(16-14)17(4)11(3)12-7-6-8-19-12/h6-8,10-11,18H,5,9H2,1-4H3. The molecule has 2 aromatic rings. The summed E-state index contributed by atoms with van der Waals surface area (Å²) in [6, 6.07) is 4.54. The highest BCUT2D eigenvalue weighted by molar-refractivity contribution is 7.15. The second-order valence-corrected chi connectivity index (χ2v) is 7.12. The van der Waals surface area contributed by atoms with Crippen molar-refractivity contribution < 1.29 is 5.11 Å². The van der Waals surface area contributed by atoms with E-state index < -0.39 is 0 Å². The van der Waals surface area contributed by atoms with Gasteiger partial charge < -0.3 is 10.0 Å². The van der Waals surface area contributed by atoms with Gasteiger partial charge in [0.1, 0.15) is 0 Å². The van der Waals surface area contributed by atoms with Gasteiger partial charge in [-0.2, -0.15) is 0 Å². The summed E-state index contributed by atoms with van der Waals surface area (Å²) >= 11 is 3.37. The summed E-state index contributed by atoms with van der Waals surface area (Å²) in [5.41, 5.74) is 1.06. The first-order valence-corrected chi connectivity index (χ1v) is 8.64. The molecule has 2 unspecified atom stereocenters. The van der Waals surface area contributed by atoms with Crippen LogP contribution in [0.15, 0.2) is 17.5 Å². The SMILES string of the molecule is CCC(C)c1nc(N(C)C(C)c2cccs2)sc1CO. The fraction of sp³-hybridized carbons (Fsp3) is 0.533. The largest absolute Gasteiger partial charge is 0.391 e. The third-order valence-corrected chi connectivity index (χ3v) is 5.97. The highest BCUT2D eigenvalue weighted by Crippen LogP contribution is 2.35. The second-order valence-electron chi connectivity index (χ2n) is 5.07. The second kappa shape index (κ2) is 6.70. The molecule has 1 N–H and O–H groups in total. The molecule has 0 radical (unpaired) electrons. The minimum atomic E-state index is 0.0819. The van der Waals surface area contributed by atoms with E-state index >= 15 is 0 Å². The Morgan fingerprint density at radius 1 is 1.40 bits per heavy atom. The van der Waals surface area contributed by atoms with Crippen LogP contribution in [-0.2, 0) is 6.61 Å². The molecular formula is C15H22N2OS2. The lowest BCUT2D eigenvalue weighted by Gasteiger charge is -2.23. The van der Waals surface area contributed by atoms with Crippen molar-refractivity contribution in [3.63, 3.8) is 0 Å². The van der Waals surface area contributed by atoms with Crippen molar-refractivity contribution in [3.05, 3.63) is 33.0 Å². The van der Waals surface area contributed by atoms with Crippen molar-refractivity contribution in [2.45, 2.75) is 45.8 Å². The fourth-order valence-electron chi connectivity index (χ4n) is 2.08. The number of nitrogens with zero attached hydrogens (tertiary/aromatic N) is 2. The van der Waals surface area contributed by atoms with Crippen molar-refractivity contribution in [1.82, 2.24) is 4.98 Å². The first-order valence-electron chi connectivity index (χ1n) is 6.95. The monoisotopic (exact) mass is 310 g/mol. The topological polar surface area (TPSA) is 36.4 Å². The summed E-state index contributed by atoms with van der Waals surface area (Å²) < 4.78 is 0. The summed E-state index contributed by atoms with van der Waals surface area (Å²) in [5.74, 6) is 0.396. The van der Waals surface area contributed by atoms with Crippen LogP contribution >= 0.6 is 22.7 Å². The van der Waals surface area contributed by atoms with Gasteiger partial charge in [0.05, 0.1) is 23.2 Å². The van der Waals surface area contributed by atoms with Gasteiger partial charge in [0, 0.05) is 11.9 Å². The molecule has 0 aliphatic rings. The Labute approximate surface area is 128 Å². The van der Waals surface area contributed by atoms with E-state index in [0.717, 1.165) is 22.1 Å². The third kappa shape index (κ3) is 3.05. The highest BCUT2D eigenvalue weighted by atomic mass is 32.1. The van der Waals surface area contributed by atoms with Crippen LogP contribution in [0.25, 0.3) is 0 Å². The van der Waals surface area contributed by atoms with Gasteiger partial charge in [-0.05, 0) is 30.7 Å². The normalized spacial score (nSPS) is 14.2. The number of aliphatic hydroxyl groups excluding tert-OH is 1. The molecule has 20 heavy (non-hydrogen) atoms. The average Bonchev–Trinajstić information content (AvgIpc) is 3.13. The Morgan fingerprint density at radius 2 is 2.15 bits per heavy atom. The Bertz CT molecular complexity index is 536. The number of anilines is 1. The van der Waals surface area contributed by atoms with Crippen LogP contribution in [0.4, 0.5) is 5.13 Å². The molecule has 0 amide bonds. The van der Waals surface area contributed by atoms with E-state index in [2.05, 4.69) is 50.2 Å². The zero-order chi connectivity index (χ0) is 14.7. The van der Waals surface area contributed by atoms with Crippen LogP contribution in [-0.4, -0.2) is 17.1 Å². The van der Waals surface area contributed by atoms with Gasteiger partial charge >= 0.3 is 0 Å². The minimum absolute atomic E-state index is 0.0819. The molecule has 0 fully saturated rings. The molecule has 110 valence electrons. The van der Waals surface area contributed by atoms with E-state index in [0.29, 0.717) is 12.0 Å². The first-order chi connectivity index (χ1) is 9.58. The third-order valence-electron chi connectivity index (χ3n) is 3.78. The summed E-state index contributed by atoms with van der Waals surface area (Å²) in [6.07, 6.45) is 1.04. The molecule has 2 heterocycles. The summed E-state index contributed by atoms with van der Waals surface area (Å²) in [6.45, 7) is 6.59. The lowest BCUT2D eigenvalue weighted by atomic mass is 10.0. The van der Waals surface area contributed by atoms with Gasteiger partial charge in [-0.3, -0.25) is 0 Å². The van der Waals surface area contributed by atoms with Gasteiger partial charge in [0.15, 0.2) is 5.13 Å². The van der Waals surface area contributed by atoms with Crippen molar-refractivity contribution in [1.29, 1.82) is 0 Å². The number of aliphatic hydroxyl groups is 1. The van der Waals surface area contributed by atoms with Crippen molar-refractivity contribution in [3.8, 4) is 0 Å². The Hall–Kier alpha value is -0.910. The lowest BCUT2D eigenvalue weighted by Crippen LogP contribution is -2.20. The first kappa shape index (κ1) is 15.5. The van der Waals surface area contributed by atoms with Crippen molar-refractivity contribution in [2.75, 3.05) is 11.9 Å². The summed E-state index contributed by atoms with van der Waals surface area (Å²) in [5, 5.41) is 12.6. The van der Waals surface area contributed by atoms with Crippen LogP contribution in [0.2, 0.25) is 0 Å². The predicted molar refractivity (Wildman–Crippen MR) is 87.9 cm³/mol. The molecule has 0 aliphatic heterocycles. The van der Waals surface area contributed by atoms with Gasteiger partial charge in [-0.25, -0.2) is 4.98 Å². The van der Waals surface area contributed by atoms with E-state index in [1.54, 1.807) is 22.7 Å². The molecule has 3 nitrogen and oxygen atoms in total. The Morgan fingerprint density at radius 3 is 2.70 bits per heavy atom. The number of thiophene rings is 1. The van der Waals surface area contributed by atoms with E-state index in [9.17, 15) is 5.11 Å². The molecule has 0 saturated heterocycles. The highest BCUT2D eigenvalue weighted by Gasteiger charge is 2.21. The van der Waals surface area contributed by atoms with E-state index in [4.69, 9.17) is 4.98 Å². The van der Waals surface area contributed by atoms with E-state index in [-0.39, 0.29) is 6.61 Å². The maximum atomic E-state index is 9.53. The zero-order valence-electron chi connectivity index (χ0n) is 12.5. The molecule has 0 saturated carbocycles. The van der Waals surface area contributed by atoms with Gasteiger partial charge in [-0.1, -0.05) is 31.3 Å². The quantitative estimate of drug-likeness (QED) is 0.858. The predicted octanol–water partition coefficient (Wildman–Crippen LogP) is 4.41. The maximum Gasteiger partial charge on any atom is 0.186 e. The lowest BCUT2D eigenvalue weighted by molar-refractivity contribution is 0.283. The van der Waals surface area contributed by atoms with Crippen LogP contribution in [0.1, 0.15) is 54.6 Å². The average molecular weight is 310 g/mol. The summed E-state index contributed by atoms with van der Waals surface area (Å²) in [7, 11) is 2.07. The number of rotatable bonds is 6. The van der Waals surface area contributed by atoms with E-state index in [1.165, 1.54) is 4.88 Å². The molecule has 5 heteroatoms. The molecule has 0 bridgehead atoms. The minimum Gasteiger partial charge on any atom is -0.391 e. The molecular weight excluding hydrogens is 288 g/mol. The molecule has 0 aromatic carbocycles. The molecule has 2 aromatic heterocycles. The van der Waals surface area contributed by atoms with Gasteiger partial charge in [0.25, 0.3) is 0 Å². The molecule has 0 spiro atoms. The summed E-state index contributed by atoms with van der Waals surface area (Å²) in [4.78, 5) is 9.30. The van der Waals surface area contributed by atoms with Crippen molar-refractivity contribution >= 4 is 27.8 Å². The van der Waals surface area contributed by atoms with Gasteiger partial charge in [-0.15, -0.1) is 11.3 Å².